The maximum absolute atomic E-state index is 12.6. The number of hydrogen-bond acceptors (Lipinski definition) is 6. The SMILES string of the molecule is CN1CCN(Cc2cccc(CNC(=O)c3cnn(-c4ccc([N+](=O)[O-])cc4)c3)c2)CC1. The molecule has 4 rings (SSSR count). The summed E-state index contributed by atoms with van der Waals surface area (Å²) in [5, 5.41) is 17.9. The molecule has 0 bridgehead atoms. The molecule has 0 spiro atoms. The molecule has 0 atom stereocenters. The topological polar surface area (TPSA) is 96.5 Å². The van der Waals surface area contributed by atoms with Crippen molar-refractivity contribution in [3.63, 3.8) is 0 Å². The van der Waals surface area contributed by atoms with Crippen molar-refractivity contribution in [3.05, 3.63) is 87.7 Å². The highest BCUT2D eigenvalue weighted by atomic mass is 16.6. The van der Waals surface area contributed by atoms with Gasteiger partial charge in [0.2, 0.25) is 0 Å². The molecule has 0 saturated carbocycles. The van der Waals surface area contributed by atoms with Gasteiger partial charge < -0.3 is 10.2 Å². The van der Waals surface area contributed by atoms with Crippen LogP contribution >= 0.6 is 0 Å². The number of likely N-dealkylation sites (N-methyl/N-ethyl adjacent to an activating group) is 1. The normalized spacial score (nSPS) is 14.9. The van der Waals surface area contributed by atoms with Gasteiger partial charge in [0.05, 0.1) is 22.4 Å². The number of nitro groups is 1. The van der Waals surface area contributed by atoms with E-state index in [0.29, 0.717) is 17.8 Å². The molecule has 3 aromatic rings. The van der Waals surface area contributed by atoms with E-state index in [-0.39, 0.29) is 11.6 Å². The van der Waals surface area contributed by atoms with E-state index in [0.717, 1.165) is 38.3 Å². The minimum absolute atomic E-state index is 0.00808. The van der Waals surface area contributed by atoms with Gasteiger partial charge >= 0.3 is 0 Å². The number of amides is 1. The van der Waals surface area contributed by atoms with Crippen LogP contribution in [0.1, 0.15) is 21.5 Å². The van der Waals surface area contributed by atoms with Gasteiger partial charge in [-0.2, -0.15) is 5.10 Å². The summed E-state index contributed by atoms with van der Waals surface area (Å²) in [4.78, 5) is 27.7. The molecule has 9 nitrogen and oxygen atoms in total. The molecule has 1 amide bonds. The van der Waals surface area contributed by atoms with Crippen molar-refractivity contribution in [2.75, 3.05) is 33.2 Å². The van der Waals surface area contributed by atoms with Crippen molar-refractivity contribution >= 4 is 11.6 Å². The molecule has 32 heavy (non-hydrogen) atoms. The van der Waals surface area contributed by atoms with Crippen LogP contribution in [-0.2, 0) is 13.1 Å². The highest BCUT2D eigenvalue weighted by Gasteiger charge is 2.14. The lowest BCUT2D eigenvalue weighted by molar-refractivity contribution is -0.384. The predicted octanol–water partition coefficient (Wildman–Crippen LogP) is 2.46. The summed E-state index contributed by atoms with van der Waals surface area (Å²) in [6.07, 6.45) is 3.10. The zero-order chi connectivity index (χ0) is 22.5. The minimum atomic E-state index is -0.453. The van der Waals surface area contributed by atoms with Gasteiger partial charge in [-0.05, 0) is 30.3 Å². The van der Waals surface area contributed by atoms with Crippen molar-refractivity contribution in [1.82, 2.24) is 24.9 Å². The van der Waals surface area contributed by atoms with Crippen LogP contribution in [0, 0.1) is 10.1 Å². The van der Waals surface area contributed by atoms with Crippen LogP contribution in [-0.4, -0.2) is 63.6 Å². The largest absolute Gasteiger partial charge is 0.348 e. The van der Waals surface area contributed by atoms with Gasteiger partial charge in [-0.15, -0.1) is 0 Å². The summed E-state index contributed by atoms with van der Waals surface area (Å²) in [6.45, 7) is 5.65. The lowest BCUT2D eigenvalue weighted by Crippen LogP contribution is -2.43. The number of non-ortho nitro benzene ring substituents is 1. The van der Waals surface area contributed by atoms with E-state index < -0.39 is 4.92 Å². The molecule has 1 aliphatic rings. The molecule has 1 aliphatic heterocycles. The number of aromatic nitrogens is 2. The van der Waals surface area contributed by atoms with Crippen LogP contribution in [0.2, 0.25) is 0 Å². The molecular weight excluding hydrogens is 408 g/mol. The molecule has 9 heteroatoms. The lowest BCUT2D eigenvalue weighted by atomic mass is 10.1. The Morgan fingerprint density at radius 3 is 2.53 bits per heavy atom. The van der Waals surface area contributed by atoms with Crippen molar-refractivity contribution in [3.8, 4) is 5.69 Å². The van der Waals surface area contributed by atoms with Crippen LogP contribution in [0.25, 0.3) is 5.69 Å². The molecule has 1 aromatic heterocycles. The fraction of sp³-hybridized carbons (Fsp3) is 0.304. The first-order chi connectivity index (χ1) is 15.5. The summed E-state index contributed by atoms with van der Waals surface area (Å²) in [5.74, 6) is -0.220. The smallest absolute Gasteiger partial charge is 0.269 e. The Kier molecular flexibility index (Phi) is 6.58. The van der Waals surface area contributed by atoms with Crippen LogP contribution in [0.5, 0.6) is 0 Å². The maximum Gasteiger partial charge on any atom is 0.269 e. The Bertz CT molecular complexity index is 1090. The Morgan fingerprint density at radius 1 is 1.09 bits per heavy atom. The van der Waals surface area contributed by atoms with E-state index >= 15 is 0 Å². The third kappa shape index (κ3) is 5.37. The quantitative estimate of drug-likeness (QED) is 0.453. The Morgan fingerprint density at radius 2 is 1.81 bits per heavy atom. The molecule has 1 saturated heterocycles. The number of carbonyl (C=O) groups is 1. The van der Waals surface area contributed by atoms with Crippen molar-refractivity contribution in [2.24, 2.45) is 0 Å². The van der Waals surface area contributed by atoms with Gasteiger partial charge in [-0.25, -0.2) is 4.68 Å². The van der Waals surface area contributed by atoms with Crippen LogP contribution in [0.15, 0.2) is 60.9 Å². The fourth-order valence-corrected chi connectivity index (χ4v) is 3.69. The molecule has 2 heterocycles. The van der Waals surface area contributed by atoms with Crippen LogP contribution in [0.4, 0.5) is 5.69 Å². The maximum atomic E-state index is 12.6. The molecule has 0 radical (unpaired) electrons. The number of hydrogen-bond donors (Lipinski definition) is 1. The fourth-order valence-electron chi connectivity index (χ4n) is 3.69. The summed E-state index contributed by atoms with van der Waals surface area (Å²) >= 11 is 0. The highest BCUT2D eigenvalue weighted by molar-refractivity contribution is 5.93. The zero-order valence-electron chi connectivity index (χ0n) is 18.0. The average molecular weight is 435 g/mol. The summed E-state index contributed by atoms with van der Waals surface area (Å²) in [6, 6.07) is 14.3. The summed E-state index contributed by atoms with van der Waals surface area (Å²) in [5.41, 5.74) is 3.37. The van der Waals surface area contributed by atoms with Crippen molar-refractivity contribution < 1.29 is 9.72 Å². The second-order valence-electron chi connectivity index (χ2n) is 8.03. The molecule has 166 valence electrons. The Hall–Kier alpha value is -3.56. The van der Waals surface area contributed by atoms with E-state index in [2.05, 4.69) is 39.4 Å². The van der Waals surface area contributed by atoms with Gasteiger partial charge in [-0.1, -0.05) is 24.3 Å². The summed E-state index contributed by atoms with van der Waals surface area (Å²) in [7, 11) is 2.15. The van der Waals surface area contributed by atoms with E-state index in [1.807, 2.05) is 12.1 Å². The monoisotopic (exact) mass is 434 g/mol. The van der Waals surface area contributed by atoms with Crippen LogP contribution < -0.4 is 5.32 Å². The molecule has 0 unspecified atom stereocenters. The van der Waals surface area contributed by atoms with Crippen LogP contribution in [0.3, 0.4) is 0 Å². The number of nitrogens with zero attached hydrogens (tertiary/aromatic N) is 5. The molecule has 1 fully saturated rings. The molecular formula is C23H26N6O3. The second kappa shape index (κ2) is 9.71. The number of piperazine rings is 1. The van der Waals surface area contributed by atoms with Gasteiger partial charge in [-0.3, -0.25) is 19.8 Å². The van der Waals surface area contributed by atoms with Crippen molar-refractivity contribution in [1.29, 1.82) is 0 Å². The predicted molar refractivity (Wildman–Crippen MR) is 121 cm³/mol. The minimum Gasteiger partial charge on any atom is -0.348 e. The number of nitro benzene ring substituents is 1. The van der Waals surface area contributed by atoms with Gasteiger partial charge in [0.25, 0.3) is 11.6 Å². The highest BCUT2D eigenvalue weighted by Crippen LogP contribution is 2.15. The molecule has 0 aliphatic carbocycles. The zero-order valence-corrected chi connectivity index (χ0v) is 18.0. The van der Waals surface area contributed by atoms with Gasteiger partial charge in [0.1, 0.15) is 0 Å². The third-order valence-electron chi connectivity index (χ3n) is 5.62. The van der Waals surface area contributed by atoms with Gasteiger partial charge in [0.15, 0.2) is 0 Å². The first kappa shape index (κ1) is 21.7. The lowest BCUT2D eigenvalue weighted by Gasteiger charge is -2.32. The molecule has 1 N–H and O–H groups in total. The van der Waals surface area contributed by atoms with E-state index in [1.165, 1.54) is 28.6 Å². The van der Waals surface area contributed by atoms with Gasteiger partial charge in [0, 0.05) is 57.6 Å². The number of rotatable bonds is 7. The van der Waals surface area contributed by atoms with E-state index in [4.69, 9.17) is 0 Å². The van der Waals surface area contributed by atoms with E-state index in [9.17, 15) is 14.9 Å². The first-order valence-corrected chi connectivity index (χ1v) is 10.5. The number of benzene rings is 2. The second-order valence-corrected chi connectivity index (χ2v) is 8.03. The first-order valence-electron chi connectivity index (χ1n) is 10.5. The number of carbonyl (C=O) groups excluding carboxylic acids is 1. The standard InChI is InChI=1S/C23H26N6O3/c1-26-9-11-27(12-10-26)16-19-4-2-3-18(13-19)14-24-23(30)20-15-25-28(17-20)21-5-7-22(8-6-21)29(31)32/h2-8,13,15,17H,9-12,14,16H2,1H3,(H,24,30). The Balaban J connectivity index is 1.33. The number of nitrogens with one attached hydrogen (secondary N) is 1. The third-order valence-corrected chi connectivity index (χ3v) is 5.62. The van der Waals surface area contributed by atoms with Crippen molar-refractivity contribution in [2.45, 2.75) is 13.1 Å². The van der Waals surface area contributed by atoms with E-state index in [1.54, 1.807) is 18.3 Å². The Labute approximate surface area is 186 Å². The molecule has 2 aromatic carbocycles. The summed E-state index contributed by atoms with van der Waals surface area (Å²) < 4.78 is 1.52. The average Bonchev–Trinajstić information content (AvgIpc) is 3.30.